The molecule has 1 atom stereocenters. The van der Waals surface area contributed by atoms with Crippen LogP contribution >= 0.6 is 0 Å². The predicted molar refractivity (Wildman–Crippen MR) is 90.5 cm³/mol. The van der Waals surface area contributed by atoms with Crippen LogP contribution in [0, 0.1) is 0 Å². The van der Waals surface area contributed by atoms with Gasteiger partial charge in [-0.2, -0.15) is 0 Å². The van der Waals surface area contributed by atoms with Crippen LogP contribution in [-0.2, 0) is 0 Å². The van der Waals surface area contributed by atoms with Crippen LogP contribution in [0.1, 0.15) is 28.4 Å². The summed E-state index contributed by atoms with van der Waals surface area (Å²) in [6.07, 6.45) is 0.753. The molecular weight excluding hydrogens is 326 g/mol. The number of carbonyl (C=O) groups is 1. The largest absolute Gasteiger partial charge is 0.497 e. The summed E-state index contributed by atoms with van der Waals surface area (Å²) in [6.45, 7) is 0.996. The van der Waals surface area contributed by atoms with Crippen LogP contribution in [-0.4, -0.2) is 48.1 Å². The first-order valence-corrected chi connectivity index (χ1v) is 7.86. The molecule has 1 aliphatic rings. The number of H-pyrrole nitrogens is 2. The third kappa shape index (κ3) is 3.42. The highest BCUT2D eigenvalue weighted by molar-refractivity contribution is 5.92. The van der Waals surface area contributed by atoms with Crippen molar-refractivity contribution < 1.29 is 14.3 Å². The molecule has 2 aromatic rings. The Kier molecular flexibility index (Phi) is 4.60. The van der Waals surface area contributed by atoms with Crippen molar-refractivity contribution in [3.63, 3.8) is 0 Å². The summed E-state index contributed by atoms with van der Waals surface area (Å²) in [4.78, 5) is 41.3. The van der Waals surface area contributed by atoms with Gasteiger partial charge in [0.1, 0.15) is 17.2 Å². The zero-order valence-corrected chi connectivity index (χ0v) is 14.0. The number of hydrogen-bond acceptors (Lipinski definition) is 5. The normalized spacial score (nSPS) is 16.7. The summed E-state index contributed by atoms with van der Waals surface area (Å²) < 4.78 is 10.7. The Morgan fingerprint density at radius 1 is 1.16 bits per heavy atom. The lowest BCUT2D eigenvalue weighted by atomic mass is 9.97. The van der Waals surface area contributed by atoms with E-state index in [-0.39, 0.29) is 17.5 Å². The Labute approximate surface area is 143 Å². The van der Waals surface area contributed by atoms with Gasteiger partial charge in [-0.15, -0.1) is 0 Å². The summed E-state index contributed by atoms with van der Waals surface area (Å²) >= 11 is 0. The first-order chi connectivity index (χ1) is 12.0. The van der Waals surface area contributed by atoms with Crippen LogP contribution in [0.2, 0.25) is 0 Å². The third-order valence-corrected chi connectivity index (χ3v) is 4.34. The second-order valence-corrected chi connectivity index (χ2v) is 5.85. The van der Waals surface area contributed by atoms with Crippen molar-refractivity contribution in [2.24, 2.45) is 0 Å². The van der Waals surface area contributed by atoms with E-state index in [1.54, 1.807) is 19.1 Å². The molecule has 1 aromatic heterocycles. The average Bonchev–Trinajstić information content (AvgIpc) is 3.09. The van der Waals surface area contributed by atoms with Crippen LogP contribution < -0.4 is 20.7 Å². The van der Waals surface area contributed by atoms with E-state index in [1.807, 2.05) is 18.2 Å². The fourth-order valence-corrected chi connectivity index (χ4v) is 3.11. The highest BCUT2D eigenvalue weighted by Gasteiger charge is 2.30. The van der Waals surface area contributed by atoms with Crippen LogP contribution in [0.3, 0.4) is 0 Å². The topological polar surface area (TPSA) is 104 Å². The van der Waals surface area contributed by atoms with Crippen molar-refractivity contribution in [2.45, 2.75) is 12.3 Å². The smallest absolute Gasteiger partial charge is 0.326 e. The van der Waals surface area contributed by atoms with E-state index < -0.39 is 11.2 Å². The zero-order chi connectivity index (χ0) is 18.0. The van der Waals surface area contributed by atoms with Gasteiger partial charge in [0, 0.05) is 30.6 Å². The molecule has 0 spiro atoms. The molecule has 8 heteroatoms. The Morgan fingerprint density at radius 2 is 1.96 bits per heavy atom. The van der Waals surface area contributed by atoms with Gasteiger partial charge in [0.2, 0.25) is 0 Å². The number of methoxy groups -OCH3 is 2. The lowest BCUT2D eigenvalue weighted by Gasteiger charge is -2.18. The molecule has 2 N–H and O–H groups in total. The van der Waals surface area contributed by atoms with Gasteiger partial charge in [-0.25, -0.2) is 4.79 Å². The minimum atomic E-state index is -0.693. The maximum Gasteiger partial charge on any atom is 0.326 e. The van der Waals surface area contributed by atoms with Gasteiger partial charge < -0.3 is 19.4 Å². The zero-order valence-electron chi connectivity index (χ0n) is 14.0. The molecule has 1 saturated heterocycles. The van der Waals surface area contributed by atoms with Crippen molar-refractivity contribution in [1.82, 2.24) is 14.9 Å². The van der Waals surface area contributed by atoms with Gasteiger partial charge >= 0.3 is 5.69 Å². The predicted octanol–water partition coefficient (Wildman–Crippen LogP) is 0.710. The Morgan fingerprint density at radius 3 is 2.64 bits per heavy atom. The molecule has 132 valence electrons. The van der Waals surface area contributed by atoms with Crippen molar-refractivity contribution >= 4 is 5.91 Å². The van der Waals surface area contributed by atoms with Gasteiger partial charge in [-0.05, 0) is 24.6 Å². The maximum absolute atomic E-state index is 12.6. The molecule has 1 aliphatic heterocycles. The number of nitrogens with zero attached hydrogens (tertiary/aromatic N) is 1. The fraction of sp³-hybridized carbons (Fsp3) is 0.353. The first kappa shape index (κ1) is 16.8. The number of nitrogens with one attached hydrogen (secondary N) is 2. The monoisotopic (exact) mass is 345 g/mol. The van der Waals surface area contributed by atoms with E-state index in [0.717, 1.165) is 29.5 Å². The second kappa shape index (κ2) is 6.84. The van der Waals surface area contributed by atoms with Gasteiger partial charge in [0.05, 0.1) is 14.2 Å². The Bertz CT molecular complexity index is 873. The number of carbonyl (C=O) groups excluding carboxylic acids is 1. The number of hydrogen-bond donors (Lipinski definition) is 2. The standard InChI is InChI=1S/C17H19N3O5/c1-24-11-3-4-14(25-2)12(7-11)10-5-6-20(9-10)16(22)13-8-15(21)19-17(23)18-13/h3-4,7-8,10H,5-6,9H2,1-2H3,(H2,18,19,21,23). The molecule has 0 radical (unpaired) electrons. The summed E-state index contributed by atoms with van der Waals surface area (Å²) in [5.74, 6) is 1.18. The molecule has 1 fully saturated rings. The SMILES string of the molecule is COc1ccc(OC)c(C2CCN(C(=O)c3cc(=O)[nH]c(=O)[nH]3)C2)c1. The Balaban J connectivity index is 1.83. The highest BCUT2D eigenvalue weighted by Crippen LogP contribution is 2.36. The van der Waals surface area contributed by atoms with E-state index in [2.05, 4.69) is 9.97 Å². The number of aromatic amines is 2. The number of aromatic nitrogens is 2. The quantitative estimate of drug-likeness (QED) is 0.849. The van der Waals surface area contributed by atoms with E-state index in [0.29, 0.717) is 13.1 Å². The van der Waals surface area contributed by atoms with Crippen molar-refractivity contribution in [3.8, 4) is 11.5 Å². The molecule has 0 bridgehead atoms. The molecule has 3 rings (SSSR count). The van der Waals surface area contributed by atoms with Crippen LogP contribution in [0.15, 0.2) is 33.9 Å². The van der Waals surface area contributed by atoms with Crippen molar-refractivity contribution in [2.75, 3.05) is 27.3 Å². The lowest BCUT2D eigenvalue weighted by molar-refractivity contribution is 0.0784. The molecule has 1 aromatic carbocycles. The molecule has 8 nitrogen and oxygen atoms in total. The number of benzene rings is 1. The summed E-state index contributed by atoms with van der Waals surface area (Å²) in [5.41, 5.74) is -0.332. The second-order valence-electron chi connectivity index (χ2n) is 5.85. The minimum Gasteiger partial charge on any atom is -0.497 e. The van der Waals surface area contributed by atoms with E-state index >= 15 is 0 Å². The van der Waals surface area contributed by atoms with Gasteiger partial charge in [0.15, 0.2) is 0 Å². The summed E-state index contributed by atoms with van der Waals surface area (Å²) in [6, 6.07) is 6.67. The molecule has 1 unspecified atom stereocenters. The first-order valence-electron chi connectivity index (χ1n) is 7.86. The fourth-order valence-electron chi connectivity index (χ4n) is 3.11. The van der Waals surface area contributed by atoms with E-state index in [9.17, 15) is 14.4 Å². The van der Waals surface area contributed by atoms with E-state index in [4.69, 9.17) is 9.47 Å². The van der Waals surface area contributed by atoms with Crippen LogP contribution in [0.4, 0.5) is 0 Å². The van der Waals surface area contributed by atoms with Gasteiger partial charge in [-0.1, -0.05) is 0 Å². The van der Waals surface area contributed by atoms with Crippen molar-refractivity contribution in [1.29, 1.82) is 0 Å². The Hall–Kier alpha value is -3.03. The number of amides is 1. The number of ether oxygens (including phenoxy) is 2. The van der Waals surface area contributed by atoms with Gasteiger partial charge in [0.25, 0.3) is 11.5 Å². The minimum absolute atomic E-state index is 0.00740. The summed E-state index contributed by atoms with van der Waals surface area (Å²) in [7, 11) is 3.20. The third-order valence-electron chi connectivity index (χ3n) is 4.34. The van der Waals surface area contributed by atoms with E-state index in [1.165, 1.54) is 0 Å². The van der Waals surface area contributed by atoms with Crippen LogP contribution in [0.5, 0.6) is 11.5 Å². The highest BCUT2D eigenvalue weighted by atomic mass is 16.5. The maximum atomic E-state index is 12.6. The molecule has 2 heterocycles. The molecule has 25 heavy (non-hydrogen) atoms. The van der Waals surface area contributed by atoms with Crippen LogP contribution in [0.25, 0.3) is 0 Å². The summed E-state index contributed by atoms with van der Waals surface area (Å²) in [5, 5.41) is 0. The van der Waals surface area contributed by atoms with Crippen molar-refractivity contribution in [3.05, 3.63) is 56.4 Å². The lowest BCUT2D eigenvalue weighted by Crippen LogP contribution is -2.33. The average molecular weight is 345 g/mol. The van der Waals surface area contributed by atoms with Gasteiger partial charge in [-0.3, -0.25) is 14.6 Å². The molecular formula is C17H19N3O5. The number of rotatable bonds is 4. The molecule has 1 amide bonds. The number of likely N-dealkylation sites (tertiary alicyclic amines) is 1. The molecule has 0 aliphatic carbocycles. The molecule has 0 saturated carbocycles.